The molecule has 0 bridgehead atoms. The van der Waals surface area contributed by atoms with Crippen molar-refractivity contribution >= 4 is 49.0 Å². The van der Waals surface area contributed by atoms with Gasteiger partial charge in [0.15, 0.2) is 11.5 Å². The van der Waals surface area contributed by atoms with Gasteiger partial charge < -0.3 is 29.6 Å². The maximum absolute atomic E-state index is 12.9. The van der Waals surface area contributed by atoms with E-state index in [-0.39, 0.29) is 53.8 Å². The Morgan fingerprint density at radius 3 is 1.59 bits per heavy atom. The van der Waals surface area contributed by atoms with Gasteiger partial charge in [-0.1, -0.05) is 0 Å². The third kappa shape index (κ3) is 6.35. The fourth-order valence-corrected chi connectivity index (χ4v) is 3.51. The van der Waals surface area contributed by atoms with Crippen LogP contribution in [0.4, 0.5) is 0 Å². The van der Waals surface area contributed by atoms with Crippen molar-refractivity contribution in [2.24, 2.45) is 0 Å². The number of carbonyl (C=O) groups excluding carboxylic acids is 4. The molecule has 1 aliphatic carbocycles. The van der Waals surface area contributed by atoms with Gasteiger partial charge in [-0.15, -0.1) is 0 Å². The third-order valence-corrected chi connectivity index (χ3v) is 5.29. The van der Waals surface area contributed by atoms with Gasteiger partial charge in [0.2, 0.25) is 0 Å². The number of ether oxygens (including phenoxy) is 4. The summed E-state index contributed by atoms with van der Waals surface area (Å²) >= 11 is 8.19. The van der Waals surface area contributed by atoms with E-state index in [1.54, 1.807) is 13.8 Å². The van der Waals surface area contributed by atoms with Crippen LogP contribution >= 0.6 is 25.3 Å². The van der Waals surface area contributed by atoms with E-state index in [0.717, 1.165) is 0 Å². The molecule has 0 aromatic rings. The molecule has 0 aromatic heterocycles. The van der Waals surface area contributed by atoms with E-state index in [1.165, 1.54) is 0 Å². The van der Waals surface area contributed by atoms with E-state index in [2.05, 4.69) is 35.9 Å². The Kier molecular flexibility index (Phi) is 10.2. The second-order valence-electron chi connectivity index (χ2n) is 6.76. The molecule has 1 heterocycles. The van der Waals surface area contributed by atoms with Gasteiger partial charge in [-0.05, 0) is 13.8 Å². The highest BCUT2D eigenvalue weighted by Gasteiger charge is 2.38. The molecule has 178 valence electrons. The van der Waals surface area contributed by atoms with Gasteiger partial charge in [0.25, 0.3) is 11.8 Å². The van der Waals surface area contributed by atoms with Crippen molar-refractivity contribution in [1.29, 1.82) is 0 Å². The molecule has 32 heavy (non-hydrogen) atoms. The van der Waals surface area contributed by atoms with Crippen molar-refractivity contribution in [2.45, 2.75) is 38.8 Å². The van der Waals surface area contributed by atoms with Gasteiger partial charge in [0.1, 0.15) is 12.1 Å². The normalized spacial score (nSPS) is 17.2. The van der Waals surface area contributed by atoms with Crippen LogP contribution in [0.1, 0.15) is 26.7 Å². The molecule has 0 spiro atoms. The number of carbonyl (C=O) groups is 4. The molecule has 1 saturated heterocycles. The van der Waals surface area contributed by atoms with Crippen molar-refractivity contribution in [3.63, 3.8) is 0 Å². The minimum absolute atomic E-state index is 0.0291. The van der Waals surface area contributed by atoms with E-state index in [9.17, 15) is 19.2 Å². The largest absolute Gasteiger partial charge is 0.489 e. The maximum Gasteiger partial charge on any atom is 0.329 e. The molecule has 1 fully saturated rings. The number of hydrogen-bond donors (Lipinski definition) is 4. The molecule has 2 rings (SSSR count). The molecule has 2 aliphatic rings. The average Bonchev–Trinajstić information content (AvgIpc) is 2.97. The number of amides is 2. The number of thiol groups is 2. The molecule has 1 aliphatic heterocycles. The van der Waals surface area contributed by atoms with E-state index in [0.29, 0.717) is 19.6 Å². The molecule has 2 unspecified atom stereocenters. The summed E-state index contributed by atoms with van der Waals surface area (Å²) in [6.07, 6.45) is 0.452. The zero-order valence-electron chi connectivity index (χ0n) is 18.0. The smallest absolute Gasteiger partial charge is 0.329 e. The fraction of sp³-hybridized carbons (Fsp3) is 0.600. The van der Waals surface area contributed by atoms with Crippen LogP contribution in [0.25, 0.3) is 0 Å². The molecule has 0 radical (unpaired) electrons. The lowest BCUT2D eigenvalue weighted by atomic mass is 10.1. The van der Waals surface area contributed by atoms with Crippen molar-refractivity contribution in [1.82, 2.24) is 10.6 Å². The summed E-state index contributed by atoms with van der Waals surface area (Å²) < 4.78 is 21.3. The van der Waals surface area contributed by atoms with Crippen LogP contribution in [0.5, 0.6) is 0 Å². The first kappa shape index (κ1) is 25.9. The summed E-state index contributed by atoms with van der Waals surface area (Å²) in [6.45, 7) is 4.21. The van der Waals surface area contributed by atoms with Crippen molar-refractivity contribution < 1.29 is 38.1 Å². The maximum atomic E-state index is 12.9. The Bertz CT molecular complexity index is 747. The topological polar surface area (TPSA) is 129 Å². The summed E-state index contributed by atoms with van der Waals surface area (Å²) in [5.41, 5.74) is 0.281. The minimum Gasteiger partial charge on any atom is -0.489 e. The van der Waals surface area contributed by atoms with Crippen LogP contribution in [-0.2, 0) is 38.1 Å². The number of fused-ring (bicyclic) bond motifs is 1. The van der Waals surface area contributed by atoms with Crippen LogP contribution in [-0.4, -0.2) is 73.8 Å². The molecule has 12 heteroatoms. The van der Waals surface area contributed by atoms with E-state index in [1.807, 2.05) is 0 Å². The minimum atomic E-state index is -0.968. The lowest BCUT2D eigenvalue weighted by Gasteiger charge is -2.17. The summed E-state index contributed by atoms with van der Waals surface area (Å²) in [7, 11) is 0. The molecule has 2 N–H and O–H groups in total. The molecule has 0 aromatic carbocycles. The first-order valence-electron chi connectivity index (χ1n) is 10.3. The number of esters is 2. The lowest BCUT2D eigenvalue weighted by Crippen LogP contribution is -2.44. The summed E-state index contributed by atoms with van der Waals surface area (Å²) in [5, 5.41) is 5.13. The highest BCUT2D eigenvalue weighted by Crippen LogP contribution is 2.36. The first-order valence-corrected chi connectivity index (χ1v) is 11.5. The SMILES string of the molecule is CCOC(=O)C(CS)NC(=O)C1=C2OCCCOC2=C(C(=O)NC(CS)C(=O)OCC)C1. The number of nitrogens with one attached hydrogen (secondary N) is 2. The zero-order valence-corrected chi connectivity index (χ0v) is 19.8. The lowest BCUT2D eigenvalue weighted by molar-refractivity contribution is -0.146. The number of rotatable bonds is 10. The molecule has 0 saturated carbocycles. The molecular formula is C20H28N2O8S2. The quantitative estimate of drug-likeness (QED) is 0.255. The van der Waals surface area contributed by atoms with E-state index < -0.39 is 35.8 Å². The predicted octanol–water partition coefficient (Wildman–Crippen LogP) is 0.291. The number of hydrogen-bond acceptors (Lipinski definition) is 10. The van der Waals surface area contributed by atoms with Crippen LogP contribution in [0.2, 0.25) is 0 Å². The van der Waals surface area contributed by atoms with E-state index >= 15 is 0 Å². The van der Waals surface area contributed by atoms with Crippen LogP contribution in [0, 0.1) is 0 Å². The fourth-order valence-electron chi connectivity index (χ4n) is 3.03. The average molecular weight is 489 g/mol. The van der Waals surface area contributed by atoms with Crippen LogP contribution < -0.4 is 10.6 Å². The second kappa shape index (κ2) is 12.6. The summed E-state index contributed by atoms with van der Waals surface area (Å²) in [4.78, 5) is 49.9. The van der Waals surface area contributed by atoms with Gasteiger partial charge in [0, 0.05) is 24.3 Å². The third-order valence-electron chi connectivity index (χ3n) is 4.56. The van der Waals surface area contributed by atoms with Gasteiger partial charge in [-0.3, -0.25) is 9.59 Å². The molecule has 2 atom stereocenters. The highest BCUT2D eigenvalue weighted by atomic mass is 32.1. The Hall–Kier alpha value is -2.34. The van der Waals surface area contributed by atoms with Gasteiger partial charge in [0.05, 0.1) is 37.6 Å². The first-order chi connectivity index (χ1) is 15.4. The Balaban J connectivity index is 2.23. The van der Waals surface area contributed by atoms with E-state index in [4.69, 9.17) is 18.9 Å². The predicted molar refractivity (Wildman–Crippen MR) is 120 cm³/mol. The summed E-state index contributed by atoms with van der Waals surface area (Å²) in [6, 6.07) is -1.94. The van der Waals surface area contributed by atoms with Crippen molar-refractivity contribution in [3.8, 4) is 0 Å². The van der Waals surface area contributed by atoms with Gasteiger partial charge >= 0.3 is 11.9 Å². The molecular weight excluding hydrogens is 460 g/mol. The van der Waals surface area contributed by atoms with Crippen LogP contribution in [0.15, 0.2) is 22.7 Å². The Labute approximate surface area is 197 Å². The molecule has 10 nitrogen and oxygen atoms in total. The van der Waals surface area contributed by atoms with Crippen LogP contribution in [0.3, 0.4) is 0 Å². The van der Waals surface area contributed by atoms with Gasteiger partial charge in [-0.2, -0.15) is 25.3 Å². The van der Waals surface area contributed by atoms with Gasteiger partial charge in [-0.25, -0.2) is 9.59 Å². The monoisotopic (exact) mass is 488 g/mol. The van der Waals surface area contributed by atoms with Crippen molar-refractivity contribution in [3.05, 3.63) is 22.7 Å². The standard InChI is InChI=1S/C20H28N2O8S2/c1-3-27-19(25)13(9-31)21-17(23)11-8-12(16-15(11)29-6-5-7-30-16)18(24)22-14(10-32)20(26)28-4-2/h13-14,31-32H,3-10H2,1-2H3,(H,21,23)(H,22,24). The zero-order chi connectivity index (χ0) is 23.7. The Morgan fingerprint density at radius 1 is 0.844 bits per heavy atom. The molecule has 2 amide bonds. The van der Waals surface area contributed by atoms with Crippen molar-refractivity contribution in [2.75, 3.05) is 37.9 Å². The Morgan fingerprint density at radius 2 is 1.25 bits per heavy atom. The highest BCUT2D eigenvalue weighted by molar-refractivity contribution is 7.80. The second-order valence-corrected chi connectivity index (χ2v) is 7.49. The summed E-state index contributed by atoms with van der Waals surface area (Å²) in [5.74, 6) is -2.09.